The number of methoxy groups -OCH3 is 1. The maximum Gasteiger partial charge on any atom is 0.269 e. The van der Waals surface area contributed by atoms with Crippen LogP contribution in [0.4, 0.5) is 5.69 Å². The highest BCUT2D eigenvalue weighted by Crippen LogP contribution is 2.48. The first-order chi connectivity index (χ1) is 9.60. The molecule has 1 fully saturated rings. The minimum absolute atomic E-state index is 0.00227. The molecule has 1 N–H and O–H groups in total. The second-order valence-corrected chi connectivity index (χ2v) is 4.99. The molecule has 0 atom stereocenters. The van der Waals surface area contributed by atoms with Crippen LogP contribution in [-0.2, 0) is 14.9 Å². The summed E-state index contributed by atoms with van der Waals surface area (Å²) in [6.07, 6.45) is 2.36. The zero-order chi connectivity index (χ0) is 14.6. The standard InChI is InChI=1S/C14H18N2O4/c1-20-10-2-9-15-13(17)14(7-8-14)11-3-5-12(6-4-11)16(18)19/h3-6H,2,7-10H2,1H3,(H,15,17). The Morgan fingerprint density at radius 2 is 2.05 bits per heavy atom. The molecule has 1 aromatic rings. The first-order valence-corrected chi connectivity index (χ1v) is 6.62. The third-order valence-electron chi connectivity index (χ3n) is 3.63. The van der Waals surface area contributed by atoms with Gasteiger partial charge in [0, 0.05) is 32.4 Å². The summed E-state index contributed by atoms with van der Waals surface area (Å²) < 4.78 is 4.93. The molecule has 6 heteroatoms. The van der Waals surface area contributed by atoms with Gasteiger partial charge in [-0.25, -0.2) is 0 Å². The van der Waals surface area contributed by atoms with Crippen molar-refractivity contribution in [1.29, 1.82) is 0 Å². The van der Waals surface area contributed by atoms with Crippen LogP contribution in [0.2, 0.25) is 0 Å². The van der Waals surface area contributed by atoms with Gasteiger partial charge >= 0.3 is 0 Å². The summed E-state index contributed by atoms with van der Waals surface area (Å²) in [6, 6.07) is 6.26. The van der Waals surface area contributed by atoms with E-state index in [1.54, 1.807) is 19.2 Å². The van der Waals surface area contributed by atoms with Gasteiger partial charge in [-0.2, -0.15) is 0 Å². The summed E-state index contributed by atoms with van der Waals surface area (Å²) in [5, 5.41) is 13.5. The Bertz CT molecular complexity index is 494. The van der Waals surface area contributed by atoms with E-state index in [0.29, 0.717) is 13.2 Å². The first-order valence-electron chi connectivity index (χ1n) is 6.62. The summed E-state index contributed by atoms with van der Waals surface area (Å²) >= 11 is 0. The molecule has 2 rings (SSSR count). The van der Waals surface area contributed by atoms with E-state index in [0.717, 1.165) is 24.8 Å². The molecule has 0 aromatic heterocycles. The third kappa shape index (κ3) is 2.96. The quantitative estimate of drug-likeness (QED) is 0.468. The molecule has 108 valence electrons. The molecule has 0 heterocycles. The molecule has 0 aliphatic heterocycles. The second kappa shape index (κ2) is 6.00. The van der Waals surface area contributed by atoms with Gasteiger partial charge in [0.05, 0.1) is 10.3 Å². The van der Waals surface area contributed by atoms with E-state index in [9.17, 15) is 14.9 Å². The van der Waals surface area contributed by atoms with Gasteiger partial charge in [0.15, 0.2) is 0 Å². The Labute approximate surface area is 117 Å². The molecule has 1 aliphatic rings. The van der Waals surface area contributed by atoms with Crippen LogP contribution in [0.25, 0.3) is 0 Å². The van der Waals surface area contributed by atoms with Gasteiger partial charge < -0.3 is 10.1 Å². The Hall–Kier alpha value is -1.95. The van der Waals surface area contributed by atoms with Gasteiger partial charge in [0.1, 0.15) is 0 Å². The maximum absolute atomic E-state index is 12.2. The number of rotatable bonds is 7. The fourth-order valence-corrected chi connectivity index (χ4v) is 2.26. The molecule has 1 aromatic carbocycles. The fraction of sp³-hybridized carbons (Fsp3) is 0.500. The number of hydrogen-bond acceptors (Lipinski definition) is 4. The molecule has 0 radical (unpaired) electrons. The van der Waals surface area contributed by atoms with Crippen LogP contribution in [0.1, 0.15) is 24.8 Å². The number of nitro groups is 1. The van der Waals surface area contributed by atoms with Gasteiger partial charge in [-0.05, 0) is 24.8 Å². The smallest absolute Gasteiger partial charge is 0.269 e. The Morgan fingerprint density at radius 3 is 2.55 bits per heavy atom. The van der Waals surface area contributed by atoms with Crippen molar-refractivity contribution in [3.8, 4) is 0 Å². The Morgan fingerprint density at radius 1 is 1.40 bits per heavy atom. The van der Waals surface area contributed by atoms with Gasteiger partial charge in [0.2, 0.25) is 5.91 Å². The van der Waals surface area contributed by atoms with Crippen LogP contribution in [-0.4, -0.2) is 31.1 Å². The normalized spacial score (nSPS) is 15.7. The van der Waals surface area contributed by atoms with Gasteiger partial charge in [0.25, 0.3) is 5.69 Å². The number of carbonyl (C=O) groups is 1. The molecule has 0 saturated heterocycles. The first kappa shape index (κ1) is 14.5. The van der Waals surface area contributed by atoms with E-state index in [4.69, 9.17) is 4.74 Å². The average molecular weight is 278 g/mol. The summed E-state index contributed by atoms with van der Waals surface area (Å²) in [5.74, 6) is 0.00227. The van der Waals surface area contributed by atoms with Crippen LogP contribution in [0.3, 0.4) is 0 Å². The molecule has 0 spiro atoms. The lowest BCUT2D eigenvalue weighted by atomic mass is 9.94. The lowest BCUT2D eigenvalue weighted by Gasteiger charge is -2.15. The molecule has 1 amide bonds. The van der Waals surface area contributed by atoms with Gasteiger partial charge in [-0.3, -0.25) is 14.9 Å². The van der Waals surface area contributed by atoms with Crippen molar-refractivity contribution in [2.24, 2.45) is 0 Å². The van der Waals surface area contributed by atoms with E-state index in [1.807, 2.05) is 0 Å². The molecule has 6 nitrogen and oxygen atoms in total. The number of non-ortho nitro benzene ring substituents is 1. The maximum atomic E-state index is 12.2. The zero-order valence-electron chi connectivity index (χ0n) is 11.4. The summed E-state index contributed by atoms with van der Waals surface area (Å²) in [6.45, 7) is 1.20. The number of amides is 1. The van der Waals surface area contributed by atoms with Crippen LogP contribution < -0.4 is 5.32 Å². The van der Waals surface area contributed by atoms with Crippen molar-refractivity contribution in [1.82, 2.24) is 5.32 Å². The largest absolute Gasteiger partial charge is 0.385 e. The van der Waals surface area contributed by atoms with Crippen LogP contribution in [0.5, 0.6) is 0 Å². The second-order valence-electron chi connectivity index (χ2n) is 4.99. The van der Waals surface area contributed by atoms with Gasteiger partial charge in [-0.1, -0.05) is 12.1 Å². The average Bonchev–Trinajstić information content (AvgIpc) is 3.25. The fourth-order valence-electron chi connectivity index (χ4n) is 2.26. The van der Waals surface area contributed by atoms with Crippen LogP contribution in [0, 0.1) is 10.1 Å². The van der Waals surface area contributed by atoms with Crippen molar-refractivity contribution in [3.05, 3.63) is 39.9 Å². The molecular formula is C14H18N2O4. The SMILES string of the molecule is COCCCNC(=O)C1(c2ccc([N+](=O)[O-])cc2)CC1. The van der Waals surface area contributed by atoms with Crippen molar-refractivity contribution in [3.63, 3.8) is 0 Å². The molecule has 1 aliphatic carbocycles. The molecule has 20 heavy (non-hydrogen) atoms. The van der Waals surface area contributed by atoms with E-state index >= 15 is 0 Å². The predicted molar refractivity (Wildman–Crippen MR) is 73.5 cm³/mol. The van der Waals surface area contributed by atoms with E-state index in [2.05, 4.69) is 5.32 Å². The van der Waals surface area contributed by atoms with Crippen molar-refractivity contribution < 1.29 is 14.5 Å². The van der Waals surface area contributed by atoms with E-state index in [1.165, 1.54) is 12.1 Å². The van der Waals surface area contributed by atoms with E-state index < -0.39 is 10.3 Å². The van der Waals surface area contributed by atoms with Gasteiger partial charge in [-0.15, -0.1) is 0 Å². The van der Waals surface area contributed by atoms with Crippen molar-refractivity contribution >= 4 is 11.6 Å². The van der Waals surface area contributed by atoms with Crippen LogP contribution in [0.15, 0.2) is 24.3 Å². The van der Waals surface area contributed by atoms with Crippen molar-refractivity contribution in [2.45, 2.75) is 24.7 Å². The highest BCUT2D eigenvalue weighted by Gasteiger charge is 2.51. The number of hydrogen-bond donors (Lipinski definition) is 1. The summed E-state index contributed by atoms with van der Waals surface area (Å²) in [4.78, 5) is 22.4. The molecule has 0 unspecified atom stereocenters. The lowest BCUT2D eigenvalue weighted by molar-refractivity contribution is -0.384. The number of ether oxygens (including phenoxy) is 1. The number of nitrogens with zero attached hydrogens (tertiary/aromatic N) is 1. The summed E-state index contributed by atoms with van der Waals surface area (Å²) in [7, 11) is 1.63. The summed E-state index contributed by atoms with van der Waals surface area (Å²) in [5.41, 5.74) is 0.416. The molecular weight excluding hydrogens is 260 g/mol. The lowest BCUT2D eigenvalue weighted by Crippen LogP contribution is -2.35. The third-order valence-corrected chi connectivity index (χ3v) is 3.63. The minimum atomic E-state index is -0.484. The van der Waals surface area contributed by atoms with E-state index in [-0.39, 0.29) is 11.6 Å². The number of benzene rings is 1. The predicted octanol–water partition coefficient (Wildman–Crippen LogP) is 1.78. The number of nitro benzene ring substituents is 1. The molecule has 1 saturated carbocycles. The minimum Gasteiger partial charge on any atom is -0.385 e. The zero-order valence-corrected chi connectivity index (χ0v) is 11.4. The van der Waals surface area contributed by atoms with Crippen LogP contribution >= 0.6 is 0 Å². The Balaban J connectivity index is 1.99. The highest BCUT2D eigenvalue weighted by atomic mass is 16.6. The number of carbonyl (C=O) groups excluding carboxylic acids is 1. The highest BCUT2D eigenvalue weighted by molar-refractivity contribution is 5.91. The topological polar surface area (TPSA) is 81.5 Å². The monoisotopic (exact) mass is 278 g/mol. The molecule has 0 bridgehead atoms. The number of nitrogens with one attached hydrogen (secondary N) is 1. The Kier molecular flexibility index (Phi) is 4.34. The van der Waals surface area contributed by atoms with Crippen molar-refractivity contribution in [2.75, 3.05) is 20.3 Å².